The molecule has 3 heterocycles. The molecule has 0 amide bonds. The molecule has 2 saturated heterocycles. The summed E-state index contributed by atoms with van der Waals surface area (Å²) in [5.74, 6) is 1.45. The molecule has 0 aliphatic carbocycles. The molecule has 1 spiro atoms. The van der Waals surface area contributed by atoms with Crippen LogP contribution in [0.5, 0.6) is 0 Å². The minimum atomic E-state index is -0.349. The van der Waals surface area contributed by atoms with Gasteiger partial charge in [0.1, 0.15) is 18.0 Å². The number of rotatable bonds is 4. The fraction of sp³-hybridized carbons (Fsp3) is 0.444. The van der Waals surface area contributed by atoms with Gasteiger partial charge in [-0.2, -0.15) is 0 Å². The van der Waals surface area contributed by atoms with Crippen LogP contribution in [0.15, 0.2) is 42.7 Å². The lowest BCUT2D eigenvalue weighted by Gasteiger charge is -2.38. The van der Waals surface area contributed by atoms with Gasteiger partial charge < -0.3 is 19.7 Å². The largest absolute Gasteiger partial charge is 0.366 e. The summed E-state index contributed by atoms with van der Waals surface area (Å²) in [6, 6.07) is 12.3. The Hall–Kier alpha value is -2.18. The molecule has 2 aliphatic heterocycles. The maximum absolute atomic E-state index is 5.78. The van der Waals surface area contributed by atoms with Crippen LogP contribution in [0.25, 0.3) is 0 Å². The van der Waals surface area contributed by atoms with Crippen molar-refractivity contribution < 1.29 is 9.47 Å². The summed E-state index contributed by atoms with van der Waals surface area (Å²) >= 11 is 0. The number of hydrogen-bond acceptors (Lipinski definition) is 6. The molecule has 6 nitrogen and oxygen atoms in total. The number of benzene rings is 1. The van der Waals surface area contributed by atoms with E-state index in [1.165, 1.54) is 5.56 Å². The van der Waals surface area contributed by atoms with E-state index in [2.05, 4.69) is 32.3 Å². The van der Waals surface area contributed by atoms with Crippen molar-refractivity contribution >= 4 is 11.6 Å². The van der Waals surface area contributed by atoms with Gasteiger partial charge in [-0.1, -0.05) is 30.3 Å². The molecule has 0 unspecified atom stereocenters. The van der Waals surface area contributed by atoms with E-state index in [4.69, 9.17) is 9.47 Å². The summed E-state index contributed by atoms with van der Waals surface area (Å²) in [4.78, 5) is 11.0. The number of aromatic nitrogens is 2. The summed E-state index contributed by atoms with van der Waals surface area (Å²) in [6.07, 6.45) is 3.38. The van der Waals surface area contributed by atoms with Crippen molar-refractivity contribution in [1.82, 2.24) is 9.97 Å². The number of piperidine rings is 1. The third-order valence-electron chi connectivity index (χ3n) is 4.63. The molecule has 1 aromatic heterocycles. The third kappa shape index (κ3) is 3.34. The van der Waals surface area contributed by atoms with Crippen LogP contribution in [-0.2, 0) is 16.0 Å². The zero-order valence-corrected chi connectivity index (χ0v) is 13.6. The van der Waals surface area contributed by atoms with Crippen molar-refractivity contribution in [3.05, 3.63) is 48.3 Å². The van der Waals surface area contributed by atoms with Crippen molar-refractivity contribution in [2.75, 3.05) is 36.5 Å². The van der Waals surface area contributed by atoms with E-state index in [1.54, 1.807) is 6.33 Å². The lowest BCUT2D eigenvalue weighted by atomic mass is 10.0. The highest BCUT2D eigenvalue weighted by Crippen LogP contribution is 2.32. The van der Waals surface area contributed by atoms with E-state index in [0.29, 0.717) is 13.2 Å². The van der Waals surface area contributed by atoms with Gasteiger partial charge in [0.05, 0.1) is 13.2 Å². The van der Waals surface area contributed by atoms with E-state index in [9.17, 15) is 0 Å². The van der Waals surface area contributed by atoms with E-state index in [-0.39, 0.29) is 5.79 Å². The Morgan fingerprint density at radius 1 is 1.04 bits per heavy atom. The number of anilines is 2. The second-order valence-corrected chi connectivity index (χ2v) is 6.20. The molecule has 1 N–H and O–H groups in total. The van der Waals surface area contributed by atoms with Crippen LogP contribution < -0.4 is 10.2 Å². The molecule has 0 radical (unpaired) electrons. The molecule has 2 aliphatic rings. The zero-order valence-electron chi connectivity index (χ0n) is 13.6. The predicted molar refractivity (Wildman–Crippen MR) is 91.9 cm³/mol. The quantitative estimate of drug-likeness (QED) is 0.931. The van der Waals surface area contributed by atoms with Crippen molar-refractivity contribution in [3.8, 4) is 0 Å². The van der Waals surface area contributed by atoms with Crippen molar-refractivity contribution in [2.45, 2.75) is 25.2 Å². The van der Waals surface area contributed by atoms with Crippen molar-refractivity contribution in [3.63, 3.8) is 0 Å². The highest BCUT2D eigenvalue weighted by Gasteiger charge is 2.40. The second-order valence-electron chi connectivity index (χ2n) is 6.20. The Balaban J connectivity index is 1.38. The molecule has 0 bridgehead atoms. The van der Waals surface area contributed by atoms with E-state index in [1.807, 2.05) is 24.3 Å². The van der Waals surface area contributed by atoms with E-state index in [0.717, 1.165) is 44.1 Å². The minimum Gasteiger partial charge on any atom is -0.366 e. The topological polar surface area (TPSA) is 59.5 Å². The molecule has 24 heavy (non-hydrogen) atoms. The Kier molecular flexibility index (Phi) is 4.32. The smallest absolute Gasteiger partial charge is 0.171 e. The summed E-state index contributed by atoms with van der Waals surface area (Å²) in [5, 5.41) is 3.36. The Morgan fingerprint density at radius 3 is 2.54 bits per heavy atom. The monoisotopic (exact) mass is 326 g/mol. The van der Waals surface area contributed by atoms with Crippen LogP contribution in [0.1, 0.15) is 18.4 Å². The van der Waals surface area contributed by atoms with Gasteiger partial charge in [-0.25, -0.2) is 9.97 Å². The maximum atomic E-state index is 5.78. The van der Waals surface area contributed by atoms with Crippen LogP contribution in [0.4, 0.5) is 11.6 Å². The minimum absolute atomic E-state index is 0.349. The average molecular weight is 326 g/mol. The van der Waals surface area contributed by atoms with Crippen LogP contribution >= 0.6 is 0 Å². The first-order chi connectivity index (χ1) is 11.8. The molecule has 1 aromatic carbocycles. The molecule has 0 atom stereocenters. The van der Waals surface area contributed by atoms with Gasteiger partial charge in [-0.15, -0.1) is 0 Å². The average Bonchev–Trinajstić information content (AvgIpc) is 3.10. The van der Waals surface area contributed by atoms with Crippen LogP contribution in [0.2, 0.25) is 0 Å². The molecule has 4 rings (SSSR count). The van der Waals surface area contributed by atoms with Gasteiger partial charge in [0.25, 0.3) is 0 Å². The van der Waals surface area contributed by atoms with Gasteiger partial charge in [-0.05, 0) is 5.56 Å². The molecule has 0 saturated carbocycles. The lowest BCUT2D eigenvalue weighted by Crippen LogP contribution is -2.45. The first kappa shape index (κ1) is 15.4. The summed E-state index contributed by atoms with van der Waals surface area (Å²) in [6.45, 7) is 3.94. The Bertz CT molecular complexity index is 664. The molecule has 2 fully saturated rings. The second kappa shape index (κ2) is 6.75. The highest BCUT2D eigenvalue weighted by molar-refractivity contribution is 5.49. The highest BCUT2D eigenvalue weighted by atomic mass is 16.7. The van der Waals surface area contributed by atoms with Crippen LogP contribution in [-0.4, -0.2) is 42.1 Å². The van der Waals surface area contributed by atoms with Crippen LogP contribution in [0.3, 0.4) is 0 Å². The first-order valence-electron chi connectivity index (χ1n) is 8.46. The predicted octanol–water partition coefficient (Wildman–Crippen LogP) is 2.43. The molecular formula is C18H22N4O2. The number of ether oxygens (including phenoxy) is 2. The van der Waals surface area contributed by atoms with E-state index >= 15 is 0 Å². The fourth-order valence-corrected chi connectivity index (χ4v) is 3.27. The number of nitrogens with one attached hydrogen (secondary N) is 1. The van der Waals surface area contributed by atoms with Crippen molar-refractivity contribution in [1.29, 1.82) is 0 Å². The fourth-order valence-electron chi connectivity index (χ4n) is 3.27. The maximum Gasteiger partial charge on any atom is 0.171 e. The van der Waals surface area contributed by atoms with Crippen LogP contribution in [0, 0.1) is 0 Å². The molecular weight excluding hydrogens is 304 g/mol. The van der Waals surface area contributed by atoms with Gasteiger partial charge in [0.15, 0.2) is 5.79 Å². The third-order valence-corrected chi connectivity index (χ3v) is 4.63. The normalized spacial score (nSPS) is 19.6. The summed E-state index contributed by atoms with van der Waals surface area (Å²) in [5.41, 5.74) is 1.23. The number of nitrogens with zero attached hydrogens (tertiary/aromatic N) is 3. The van der Waals surface area contributed by atoms with Crippen molar-refractivity contribution in [2.24, 2.45) is 0 Å². The SMILES string of the molecule is c1ccc(CNc2cc(N3CCC4(CC3)OCCO4)ncn2)cc1. The van der Waals surface area contributed by atoms with Gasteiger partial charge in [0.2, 0.25) is 0 Å². The molecule has 2 aromatic rings. The zero-order chi connectivity index (χ0) is 16.2. The van der Waals surface area contributed by atoms with Gasteiger partial charge in [0, 0.05) is 38.5 Å². The summed E-state index contributed by atoms with van der Waals surface area (Å²) in [7, 11) is 0. The van der Waals surface area contributed by atoms with E-state index < -0.39 is 0 Å². The summed E-state index contributed by atoms with van der Waals surface area (Å²) < 4.78 is 11.6. The molecule has 126 valence electrons. The Morgan fingerprint density at radius 2 is 1.79 bits per heavy atom. The number of hydrogen-bond donors (Lipinski definition) is 1. The standard InChI is InChI=1S/C18H22N4O2/c1-2-4-15(5-3-1)13-19-16-12-17(21-14-20-16)22-8-6-18(7-9-22)23-10-11-24-18/h1-5,12,14H,6-11,13H2,(H,19,20,21). The van der Waals surface area contributed by atoms with Gasteiger partial charge in [-0.3, -0.25) is 0 Å². The van der Waals surface area contributed by atoms with Gasteiger partial charge >= 0.3 is 0 Å². The Labute approximate surface area is 141 Å². The first-order valence-corrected chi connectivity index (χ1v) is 8.46. The lowest BCUT2D eigenvalue weighted by molar-refractivity contribution is -0.169. The molecule has 6 heteroatoms.